The van der Waals surface area contributed by atoms with Crippen molar-refractivity contribution in [2.75, 3.05) is 0 Å². The maximum atomic E-state index is 14.7. The number of aryl methyl sites for hydroxylation is 1. The molecule has 0 radical (unpaired) electrons. The summed E-state index contributed by atoms with van der Waals surface area (Å²) in [6, 6.07) is 12.8. The molecule has 3 atom stereocenters. The zero-order valence-corrected chi connectivity index (χ0v) is 21.1. The van der Waals surface area contributed by atoms with Gasteiger partial charge in [-0.3, -0.25) is 4.79 Å². The number of alkyl halides is 6. The van der Waals surface area contributed by atoms with Crippen LogP contribution in [-0.4, -0.2) is 12.1 Å². The lowest BCUT2D eigenvalue weighted by Crippen LogP contribution is -2.51. The van der Waals surface area contributed by atoms with Crippen molar-refractivity contribution in [3.05, 3.63) is 118 Å². The van der Waals surface area contributed by atoms with Crippen LogP contribution >= 0.6 is 0 Å². The predicted molar refractivity (Wildman–Crippen MR) is 130 cm³/mol. The molecule has 11 heteroatoms. The van der Waals surface area contributed by atoms with Gasteiger partial charge in [0, 0.05) is 12.3 Å². The Morgan fingerprint density at radius 2 is 1.55 bits per heavy atom. The Labute approximate surface area is 224 Å². The van der Waals surface area contributed by atoms with Gasteiger partial charge in [-0.15, -0.1) is 0 Å². The molecule has 1 amide bonds. The van der Waals surface area contributed by atoms with E-state index >= 15 is 0 Å². The molecule has 0 fully saturated rings. The lowest BCUT2D eigenvalue weighted by molar-refractivity contribution is -0.137. The highest BCUT2D eigenvalue weighted by atomic mass is 19.4. The van der Waals surface area contributed by atoms with Crippen LogP contribution in [0.25, 0.3) is 0 Å². The Kier molecular flexibility index (Phi) is 7.70. The smallest absolute Gasteiger partial charge is 0.416 e. The molecule has 1 aromatic heterocycles. The lowest BCUT2D eigenvalue weighted by Gasteiger charge is -2.37. The monoisotopic (exact) mass is 569 g/mol. The number of hydrogen-bond donors (Lipinski definition) is 1. The first-order valence-corrected chi connectivity index (χ1v) is 12.1. The van der Waals surface area contributed by atoms with Crippen molar-refractivity contribution in [1.82, 2.24) is 5.32 Å². The Balaban J connectivity index is 1.91. The molecule has 40 heavy (non-hydrogen) atoms. The van der Waals surface area contributed by atoms with Gasteiger partial charge in [-0.2, -0.15) is 26.3 Å². The summed E-state index contributed by atoms with van der Waals surface area (Å²) in [7, 11) is 0. The summed E-state index contributed by atoms with van der Waals surface area (Å²) in [6.07, 6.45) is -8.79. The third-order valence-electron chi connectivity index (χ3n) is 6.84. The second-order valence-electron chi connectivity index (χ2n) is 9.63. The zero-order valence-electron chi connectivity index (χ0n) is 21.1. The fraction of sp³-hybridized carbons (Fsp3) is 0.276. The summed E-state index contributed by atoms with van der Waals surface area (Å²) in [6.45, 7) is 2.57. The standard InChI is InChI=1S/C29H23F8NO2/c1-16-8-11-24(40-16)27(15-18-6-4-3-5-7-18,19-12-20(28(32,33)34)14-21(30)13-19)38-26(39)22-9-10-23(31)25(17(22)2)29(35,36)37/h3-14,17,22H,15H2,1-2H3,(H,38,39). The van der Waals surface area contributed by atoms with Gasteiger partial charge in [0.25, 0.3) is 0 Å². The van der Waals surface area contributed by atoms with Crippen LogP contribution in [0.4, 0.5) is 35.1 Å². The third kappa shape index (κ3) is 5.83. The van der Waals surface area contributed by atoms with Gasteiger partial charge in [0.05, 0.1) is 17.1 Å². The fourth-order valence-corrected chi connectivity index (χ4v) is 4.92. The summed E-state index contributed by atoms with van der Waals surface area (Å²) < 4.78 is 117. The lowest BCUT2D eigenvalue weighted by atomic mass is 9.78. The van der Waals surface area contributed by atoms with Crippen molar-refractivity contribution in [2.45, 2.75) is 38.2 Å². The first-order valence-electron chi connectivity index (χ1n) is 12.1. The maximum Gasteiger partial charge on any atom is 0.416 e. The SMILES string of the molecule is Cc1ccc(C(Cc2ccccc2)(NC(=O)C2C=CC(F)=C(C(F)(F)F)C2C)c2cc(F)cc(C(F)(F)F)c2)o1. The number of rotatable bonds is 6. The zero-order chi connectivity index (χ0) is 29.5. The minimum Gasteiger partial charge on any atom is -0.463 e. The summed E-state index contributed by atoms with van der Waals surface area (Å²) in [5.41, 5.74) is -4.74. The van der Waals surface area contributed by atoms with E-state index < -0.39 is 58.4 Å². The molecule has 2 aromatic carbocycles. The summed E-state index contributed by atoms with van der Waals surface area (Å²) >= 11 is 0. The van der Waals surface area contributed by atoms with E-state index in [1.807, 2.05) is 0 Å². The largest absolute Gasteiger partial charge is 0.463 e. The van der Waals surface area contributed by atoms with Crippen molar-refractivity contribution in [3.8, 4) is 0 Å². The fourth-order valence-electron chi connectivity index (χ4n) is 4.92. The number of carbonyl (C=O) groups excluding carboxylic acids is 1. The van der Waals surface area contributed by atoms with Crippen LogP contribution in [-0.2, 0) is 22.9 Å². The molecule has 1 heterocycles. The van der Waals surface area contributed by atoms with Crippen molar-refractivity contribution in [2.24, 2.45) is 11.8 Å². The van der Waals surface area contributed by atoms with Crippen molar-refractivity contribution < 1.29 is 44.3 Å². The second kappa shape index (κ2) is 10.6. The van der Waals surface area contributed by atoms with Crippen molar-refractivity contribution in [3.63, 3.8) is 0 Å². The first-order chi connectivity index (χ1) is 18.6. The number of allylic oxidation sites excluding steroid dienone is 3. The Morgan fingerprint density at radius 3 is 2.12 bits per heavy atom. The number of furan rings is 1. The van der Waals surface area contributed by atoms with Crippen LogP contribution in [0.2, 0.25) is 0 Å². The van der Waals surface area contributed by atoms with E-state index in [2.05, 4.69) is 5.32 Å². The molecule has 0 saturated heterocycles. The van der Waals surface area contributed by atoms with Gasteiger partial charge in [0.2, 0.25) is 5.91 Å². The topological polar surface area (TPSA) is 42.2 Å². The van der Waals surface area contributed by atoms with Crippen LogP contribution < -0.4 is 5.32 Å². The van der Waals surface area contributed by atoms with E-state index in [0.717, 1.165) is 19.1 Å². The second-order valence-corrected chi connectivity index (χ2v) is 9.63. The van der Waals surface area contributed by atoms with E-state index in [9.17, 15) is 39.9 Å². The Bertz CT molecular complexity index is 1450. The highest BCUT2D eigenvalue weighted by Gasteiger charge is 2.48. The molecule has 3 aromatic rings. The van der Waals surface area contributed by atoms with E-state index in [4.69, 9.17) is 4.42 Å². The van der Waals surface area contributed by atoms with E-state index in [0.29, 0.717) is 29.5 Å². The van der Waals surface area contributed by atoms with Crippen LogP contribution in [0.3, 0.4) is 0 Å². The average Bonchev–Trinajstić information content (AvgIpc) is 3.29. The Hall–Kier alpha value is -3.89. The number of halogens is 8. The minimum atomic E-state index is -5.07. The van der Waals surface area contributed by atoms with Gasteiger partial charge < -0.3 is 9.73 Å². The van der Waals surface area contributed by atoms with E-state index in [1.165, 1.54) is 12.1 Å². The van der Waals surface area contributed by atoms with Crippen LogP contribution in [0.5, 0.6) is 0 Å². The molecule has 3 nitrogen and oxygen atoms in total. The highest BCUT2D eigenvalue weighted by molar-refractivity contribution is 5.83. The van der Waals surface area contributed by atoms with Crippen LogP contribution in [0, 0.1) is 24.6 Å². The normalized spacial score (nSPS) is 19.4. The van der Waals surface area contributed by atoms with Gasteiger partial charge in [-0.05, 0) is 54.5 Å². The molecule has 0 saturated carbocycles. The molecule has 3 unspecified atom stereocenters. The number of nitrogens with one attached hydrogen (secondary N) is 1. The predicted octanol–water partition coefficient (Wildman–Crippen LogP) is 7.96. The molecule has 1 aliphatic rings. The average molecular weight is 569 g/mol. The van der Waals surface area contributed by atoms with Gasteiger partial charge in [0.1, 0.15) is 28.7 Å². The highest BCUT2D eigenvalue weighted by Crippen LogP contribution is 2.43. The van der Waals surface area contributed by atoms with E-state index in [-0.39, 0.29) is 17.7 Å². The summed E-state index contributed by atoms with van der Waals surface area (Å²) in [5, 5.41) is 2.59. The van der Waals surface area contributed by atoms with Gasteiger partial charge in [-0.25, -0.2) is 8.78 Å². The van der Waals surface area contributed by atoms with Gasteiger partial charge in [0.15, 0.2) is 0 Å². The number of amides is 1. The van der Waals surface area contributed by atoms with Gasteiger partial charge >= 0.3 is 12.4 Å². The van der Waals surface area contributed by atoms with Crippen molar-refractivity contribution >= 4 is 5.91 Å². The van der Waals surface area contributed by atoms with Gasteiger partial charge in [-0.1, -0.05) is 43.3 Å². The third-order valence-corrected chi connectivity index (χ3v) is 6.84. The molecule has 1 N–H and O–H groups in total. The number of benzene rings is 2. The molecule has 0 aliphatic heterocycles. The van der Waals surface area contributed by atoms with Crippen LogP contribution in [0.15, 0.2) is 88.6 Å². The quantitative estimate of drug-likeness (QED) is 0.306. The van der Waals surface area contributed by atoms with E-state index in [1.54, 1.807) is 37.3 Å². The van der Waals surface area contributed by atoms with Crippen molar-refractivity contribution in [1.29, 1.82) is 0 Å². The molecular formula is C29H23F8NO2. The maximum absolute atomic E-state index is 14.7. The molecule has 0 bridgehead atoms. The summed E-state index contributed by atoms with van der Waals surface area (Å²) in [4.78, 5) is 13.7. The molecular weight excluding hydrogens is 546 g/mol. The van der Waals surface area contributed by atoms with Crippen LogP contribution in [0.1, 0.15) is 35.1 Å². The minimum absolute atomic E-state index is 0.0777. The molecule has 0 spiro atoms. The summed E-state index contributed by atoms with van der Waals surface area (Å²) in [5.74, 6) is -6.85. The Morgan fingerprint density at radius 1 is 0.900 bits per heavy atom. The first kappa shape index (κ1) is 29.1. The number of carbonyl (C=O) groups is 1. The molecule has 4 rings (SSSR count). The molecule has 1 aliphatic carbocycles. The molecule has 212 valence electrons. The number of hydrogen-bond acceptors (Lipinski definition) is 2.